The topological polar surface area (TPSA) is 9.86 Å². The second-order valence-corrected chi connectivity index (χ2v) is 16.9. The van der Waals surface area contributed by atoms with Crippen LogP contribution < -0.4 is 0 Å². The van der Waals surface area contributed by atoms with Gasteiger partial charge in [-0.05, 0) is 147 Å². The van der Waals surface area contributed by atoms with E-state index in [4.69, 9.17) is 0 Å². The summed E-state index contributed by atoms with van der Waals surface area (Å²) in [4.78, 5) is 0. The maximum absolute atomic E-state index is 2.52. The summed E-state index contributed by atoms with van der Waals surface area (Å²) in [5.41, 5.74) is 15.6. The van der Waals surface area contributed by atoms with Crippen LogP contribution >= 0.6 is 0 Å². The Morgan fingerprint density at radius 1 is 0.400 bits per heavy atom. The molecule has 0 aliphatic heterocycles. The zero-order valence-corrected chi connectivity index (χ0v) is 33.5. The summed E-state index contributed by atoms with van der Waals surface area (Å²) in [5, 5.41) is 13.1. The van der Waals surface area contributed by atoms with Crippen molar-refractivity contribution in [2.45, 2.75) is 38.5 Å². The molecule has 0 saturated heterocycles. The molecule has 2 aromatic heterocycles. The maximum Gasteiger partial charge on any atom is 0.0541 e. The van der Waals surface area contributed by atoms with Crippen LogP contribution in [0.25, 0.3) is 116 Å². The van der Waals surface area contributed by atoms with Crippen LogP contribution in [0.15, 0.2) is 176 Å². The van der Waals surface area contributed by atoms with Gasteiger partial charge in [0.25, 0.3) is 0 Å². The minimum atomic E-state index is 1.05. The molecule has 0 amide bonds. The predicted octanol–water partition coefficient (Wildman–Crippen LogP) is 16.1. The first-order valence-corrected chi connectivity index (χ1v) is 21.7. The lowest BCUT2D eigenvalue weighted by Crippen LogP contribution is -2.01. The second kappa shape index (κ2) is 13.2. The molecule has 2 heteroatoms. The van der Waals surface area contributed by atoms with Crippen molar-refractivity contribution in [3.8, 4) is 27.9 Å². The van der Waals surface area contributed by atoms with E-state index in [0.29, 0.717) is 0 Å². The fraction of sp³-hybridized carbons (Fsp3) is 0.103. The quantitative estimate of drug-likeness (QED) is 0.158. The Morgan fingerprint density at radius 2 is 1.03 bits per heavy atom. The molecule has 0 fully saturated rings. The van der Waals surface area contributed by atoms with E-state index < -0.39 is 0 Å². The van der Waals surface area contributed by atoms with Crippen molar-refractivity contribution >= 4 is 87.7 Å². The fourth-order valence-corrected chi connectivity index (χ4v) is 11.0. The lowest BCUT2D eigenvalue weighted by atomic mass is 9.83. The highest BCUT2D eigenvalue weighted by Gasteiger charge is 2.22. The summed E-state index contributed by atoms with van der Waals surface area (Å²) >= 11 is 0. The van der Waals surface area contributed by atoms with E-state index in [1.54, 1.807) is 0 Å². The average Bonchev–Trinajstić information content (AvgIpc) is 3.83. The van der Waals surface area contributed by atoms with Gasteiger partial charge in [0.15, 0.2) is 0 Å². The van der Waals surface area contributed by atoms with Crippen LogP contribution in [0.3, 0.4) is 0 Å². The van der Waals surface area contributed by atoms with Crippen LogP contribution in [-0.2, 0) is 6.42 Å². The van der Waals surface area contributed by atoms with Crippen molar-refractivity contribution in [1.29, 1.82) is 0 Å². The molecule has 0 radical (unpaired) electrons. The third kappa shape index (κ3) is 4.94. The number of nitrogens with zero attached hydrogens (tertiary/aromatic N) is 2. The molecule has 11 aromatic rings. The highest BCUT2D eigenvalue weighted by Crippen LogP contribution is 2.45. The van der Waals surface area contributed by atoms with Gasteiger partial charge in [0, 0.05) is 32.6 Å². The molecule has 0 atom stereocenters. The van der Waals surface area contributed by atoms with Gasteiger partial charge >= 0.3 is 0 Å². The zero-order valence-electron chi connectivity index (χ0n) is 33.5. The smallest absolute Gasteiger partial charge is 0.0541 e. The normalized spacial score (nSPS) is 14.3. The molecule has 60 heavy (non-hydrogen) atoms. The molecule has 2 aliphatic rings. The summed E-state index contributed by atoms with van der Waals surface area (Å²) in [5.74, 6) is 0. The molecular formula is C58H42N2. The van der Waals surface area contributed by atoms with Gasteiger partial charge in [0.05, 0.1) is 27.8 Å². The van der Waals surface area contributed by atoms with Crippen LogP contribution in [0.1, 0.15) is 43.2 Å². The molecule has 2 nitrogen and oxygen atoms in total. The van der Waals surface area contributed by atoms with Crippen molar-refractivity contribution in [2.75, 3.05) is 0 Å². The molecule has 13 rings (SSSR count). The summed E-state index contributed by atoms with van der Waals surface area (Å²) < 4.78 is 5.02. The van der Waals surface area contributed by atoms with Crippen molar-refractivity contribution in [2.24, 2.45) is 0 Å². The monoisotopic (exact) mass is 766 g/mol. The van der Waals surface area contributed by atoms with Gasteiger partial charge < -0.3 is 9.13 Å². The van der Waals surface area contributed by atoms with Gasteiger partial charge in [-0.3, -0.25) is 0 Å². The fourth-order valence-electron chi connectivity index (χ4n) is 11.0. The molecule has 0 bridgehead atoms. The van der Waals surface area contributed by atoms with Crippen molar-refractivity contribution in [3.63, 3.8) is 0 Å². The Labute approximate surface area is 348 Å². The van der Waals surface area contributed by atoms with Crippen molar-refractivity contribution in [1.82, 2.24) is 9.13 Å². The molecular weight excluding hydrogens is 725 g/mol. The molecule has 0 saturated carbocycles. The highest BCUT2D eigenvalue weighted by atomic mass is 15.0. The number of rotatable bonds is 4. The Balaban J connectivity index is 0.987. The van der Waals surface area contributed by atoms with E-state index >= 15 is 0 Å². The highest BCUT2D eigenvalue weighted by molar-refractivity contribution is 6.16. The van der Waals surface area contributed by atoms with E-state index in [2.05, 4.69) is 191 Å². The third-order valence-corrected chi connectivity index (χ3v) is 13.7. The van der Waals surface area contributed by atoms with Gasteiger partial charge in [-0.15, -0.1) is 0 Å². The van der Waals surface area contributed by atoms with E-state index in [1.807, 2.05) is 0 Å². The molecule has 0 spiro atoms. The third-order valence-electron chi connectivity index (χ3n) is 13.7. The molecule has 0 unspecified atom stereocenters. The van der Waals surface area contributed by atoms with E-state index in [1.165, 1.54) is 134 Å². The molecule has 0 N–H and O–H groups in total. The number of hydrogen-bond donors (Lipinski definition) is 0. The van der Waals surface area contributed by atoms with Gasteiger partial charge in [0.2, 0.25) is 0 Å². The van der Waals surface area contributed by atoms with E-state index in [0.717, 1.165) is 25.7 Å². The Kier molecular flexibility index (Phi) is 7.42. The zero-order chi connectivity index (χ0) is 39.3. The first-order valence-electron chi connectivity index (χ1n) is 21.7. The lowest BCUT2D eigenvalue weighted by Gasteiger charge is -2.22. The van der Waals surface area contributed by atoms with Crippen molar-refractivity contribution < 1.29 is 0 Å². The second-order valence-electron chi connectivity index (χ2n) is 16.9. The molecule has 2 aliphatic carbocycles. The predicted molar refractivity (Wildman–Crippen MR) is 257 cm³/mol. The minimum Gasteiger partial charge on any atom is -0.313 e. The van der Waals surface area contributed by atoms with Gasteiger partial charge in [-0.2, -0.15) is 0 Å². The molecule has 284 valence electrons. The minimum absolute atomic E-state index is 1.05. The van der Waals surface area contributed by atoms with Crippen LogP contribution in [0, 0.1) is 0 Å². The number of aromatic nitrogens is 2. The number of aryl methyl sites for hydroxylation is 1. The van der Waals surface area contributed by atoms with Gasteiger partial charge in [0.1, 0.15) is 0 Å². The van der Waals surface area contributed by atoms with Crippen LogP contribution in [-0.4, -0.2) is 9.13 Å². The lowest BCUT2D eigenvalue weighted by molar-refractivity contribution is 0.724. The van der Waals surface area contributed by atoms with Crippen molar-refractivity contribution in [3.05, 3.63) is 187 Å². The number of allylic oxidation sites excluding steroid dienone is 3. The first kappa shape index (κ1) is 33.8. The number of benzene rings is 9. The van der Waals surface area contributed by atoms with Gasteiger partial charge in [-0.25, -0.2) is 0 Å². The average molecular weight is 767 g/mol. The van der Waals surface area contributed by atoms with Crippen LogP contribution in [0.2, 0.25) is 0 Å². The van der Waals surface area contributed by atoms with Gasteiger partial charge in [-0.1, -0.05) is 133 Å². The summed E-state index contributed by atoms with van der Waals surface area (Å²) in [6.07, 6.45) is 14.2. The number of hydrogen-bond acceptors (Lipinski definition) is 0. The van der Waals surface area contributed by atoms with Crippen LogP contribution in [0.4, 0.5) is 0 Å². The Bertz CT molecular complexity index is 3660. The molecule has 2 heterocycles. The molecule has 9 aromatic carbocycles. The largest absolute Gasteiger partial charge is 0.313 e. The number of fused-ring (bicyclic) bond motifs is 12. The Hall–Kier alpha value is -7.16. The van der Waals surface area contributed by atoms with Crippen LogP contribution in [0.5, 0.6) is 0 Å². The number of para-hydroxylation sites is 2. The van der Waals surface area contributed by atoms with E-state index in [-0.39, 0.29) is 0 Å². The maximum atomic E-state index is 2.52. The van der Waals surface area contributed by atoms with E-state index in [9.17, 15) is 0 Å². The summed E-state index contributed by atoms with van der Waals surface area (Å²) in [6.45, 7) is 0. The summed E-state index contributed by atoms with van der Waals surface area (Å²) in [6, 6.07) is 61.8. The first-order chi connectivity index (χ1) is 29.8. The standard InChI is InChI=1S/C58H42N2/c1-2-15-41(16-3-1)59-53-24-12-10-21-47(53)51-34-38(28-31-56(51)59)39-29-32-57-52(35-39)48-22-11-13-25-54(48)60(57)55-33-30-45(43-18-6-8-20-46(43)55)50-36-40-27-26-37-14-4-5-17-42(37)58(40)49-23-9-7-19-44(49)50/h4-8,10-15,17-22,24-36H,1-3,9,16,23H2. The summed E-state index contributed by atoms with van der Waals surface area (Å²) in [7, 11) is 0. The Morgan fingerprint density at radius 3 is 1.78 bits per heavy atom. The SMILES string of the molecule is C1=Cc2c(-c3ccc(-n4c5ccccc5c5cc(-c6ccc7c(c6)c6ccccc6n7C6=CCCCC6)ccc54)c4ccccc34)cc3ccc4ccccc4c3c2CC1.